The molecule has 3 heterocycles. The summed E-state index contributed by atoms with van der Waals surface area (Å²) in [5, 5.41) is 4.13. The molecule has 4 rings (SSSR count). The lowest BCUT2D eigenvalue weighted by Gasteiger charge is -2.40. The maximum Gasteiger partial charge on any atom is 0.433 e. The highest BCUT2D eigenvalue weighted by Gasteiger charge is 2.39. The second-order valence-corrected chi connectivity index (χ2v) is 8.07. The molecular weight excluding hydrogens is 376 g/mol. The molecule has 152 valence electrons. The lowest BCUT2D eigenvalue weighted by Crippen LogP contribution is -2.40. The first-order valence-electron chi connectivity index (χ1n) is 9.05. The van der Waals surface area contributed by atoms with Crippen molar-refractivity contribution >= 4 is 5.91 Å². The summed E-state index contributed by atoms with van der Waals surface area (Å²) in [6.07, 6.45) is -0.292. The van der Waals surface area contributed by atoms with Gasteiger partial charge in [0.15, 0.2) is 5.82 Å². The molecule has 1 saturated carbocycles. The lowest BCUT2D eigenvalue weighted by molar-refractivity contribution is -0.141. The van der Waals surface area contributed by atoms with Gasteiger partial charge in [-0.1, -0.05) is 13.8 Å². The minimum absolute atomic E-state index is 0.130. The fourth-order valence-corrected chi connectivity index (χ4v) is 3.66. The zero-order valence-electron chi connectivity index (χ0n) is 15.7. The molecule has 1 amide bonds. The first-order valence-corrected chi connectivity index (χ1v) is 9.05. The Balaban J connectivity index is 0.000000211. The predicted molar refractivity (Wildman–Crippen MR) is 94.4 cm³/mol. The number of alkyl halides is 3. The molecule has 0 radical (unpaired) electrons. The summed E-state index contributed by atoms with van der Waals surface area (Å²) in [4.78, 5) is 13.6. The molecule has 1 aliphatic heterocycles. The van der Waals surface area contributed by atoms with Crippen LogP contribution in [0.5, 0.6) is 0 Å². The van der Waals surface area contributed by atoms with E-state index < -0.39 is 17.7 Å². The Morgan fingerprint density at radius 2 is 1.96 bits per heavy atom. The molecule has 0 unspecified atom stereocenters. The van der Waals surface area contributed by atoms with Crippen LogP contribution in [0, 0.1) is 17.2 Å². The van der Waals surface area contributed by atoms with Crippen LogP contribution in [0.2, 0.25) is 0 Å². The Hall–Kier alpha value is -2.45. The van der Waals surface area contributed by atoms with Crippen molar-refractivity contribution in [1.29, 1.82) is 0 Å². The van der Waals surface area contributed by atoms with Gasteiger partial charge in [0.25, 0.3) is 0 Å². The molecule has 0 aromatic carbocycles. The van der Waals surface area contributed by atoms with E-state index in [0.29, 0.717) is 24.2 Å². The number of halogens is 4. The molecule has 2 N–H and O–H groups in total. The van der Waals surface area contributed by atoms with Crippen LogP contribution in [-0.2, 0) is 23.9 Å². The quantitative estimate of drug-likeness (QED) is 0.779. The molecule has 0 spiro atoms. The van der Waals surface area contributed by atoms with Crippen LogP contribution in [0.15, 0.2) is 18.3 Å². The number of fused-ring (bicyclic) bond motifs is 1. The van der Waals surface area contributed by atoms with Crippen LogP contribution in [0.1, 0.15) is 44.5 Å². The van der Waals surface area contributed by atoms with Crippen LogP contribution >= 0.6 is 0 Å². The number of rotatable bonds is 2. The smallest absolute Gasteiger partial charge is 0.369 e. The number of hydrogen-bond acceptors (Lipinski definition) is 3. The first kappa shape index (κ1) is 20.3. The average molecular weight is 398 g/mol. The summed E-state index contributed by atoms with van der Waals surface area (Å²) in [5.41, 5.74) is 5.32. The number of amides is 1. The summed E-state index contributed by atoms with van der Waals surface area (Å²) in [7, 11) is 0. The van der Waals surface area contributed by atoms with Crippen molar-refractivity contribution in [2.75, 3.05) is 0 Å². The van der Waals surface area contributed by atoms with Gasteiger partial charge in [-0.05, 0) is 43.2 Å². The number of carbonyl (C=O) groups excluding carboxylic acids is 1. The molecule has 0 atom stereocenters. The summed E-state index contributed by atoms with van der Waals surface area (Å²) in [5.74, 6) is -0.765. The molecule has 0 saturated heterocycles. The minimum atomic E-state index is -4.59. The summed E-state index contributed by atoms with van der Waals surface area (Å²) in [6, 6.07) is 2.33. The Kier molecular flexibility index (Phi) is 5.20. The Labute approximate surface area is 159 Å². The fourth-order valence-electron chi connectivity index (χ4n) is 3.66. The molecular formula is C19H22F4N4O. The molecule has 2 aromatic heterocycles. The second kappa shape index (κ2) is 7.18. The molecule has 28 heavy (non-hydrogen) atoms. The normalized spacial score (nSPS) is 18.1. The molecule has 9 heteroatoms. The van der Waals surface area contributed by atoms with Crippen molar-refractivity contribution in [3.8, 4) is 11.3 Å². The van der Waals surface area contributed by atoms with Crippen molar-refractivity contribution in [2.24, 2.45) is 17.1 Å². The van der Waals surface area contributed by atoms with Gasteiger partial charge in [0, 0.05) is 23.7 Å². The molecule has 1 aliphatic carbocycles. The van der Waals surface area contributed by atoms with E-state index in [2.05, 4.69) is 23.9 Å². The fraction of sp³-hybridized carbons (Fsp3) is 0.526. The van der Waals surface area contributed by atoms with Crippen LogP contribution in [-0.4, -0.2) is 20.7 Å². The van der Waals surface area contributed by atoms with Crippen molar-refractivity contribution in [3.05, 3.63) is 35.5 Å². The molecule has 1 fully saturated rings. The van der Waals surface area contributed by atoms with E-state index in [4.69, 9.17) is 5.73 Å². The lowest BCUT2D eigenvalue weighted by atomic mass is 9.64. The van der Waals surface area contributed by atoms with Crippen LogP contribution in [0.3, 0.4) is 0 Å². The topological polar surface area (TPSA) is 73.8 Å². The second-order valence-electron chi connectivity index (χ2n) is 8.07. The van der Waals surface area contributed by atoms with Gasteiger partial charge < -0.3 is 5.73 Å². The van der Waals surface area contributed by atoms with Crippen molar-refractivity contribution in [1.82, 2.24) is 14.8 Å². The van der Waals surface area contributed by atoms with E-state index in [-0.39, 0.29) is 23.1 Å². The van der Waals surface area contributed by atoms with Crippen molar-refractivity contribution in [3.63, 3.8) is 0 Å². The average Bonchev–Trinajstić information content (AvgIpc) is 3.14. The van der Waals surface area contributed by atoms with Gasteiger partial charge >= 0.3 is 6.18 Å². The van der Waals surface area contributed by atoms with Gasteiger partial charge in [0.05, 0.1) is 11.9 Å². The highest BCUT2D eigenvalue weighted by atomic mass is 19.4. The summed E-state index contributed by atoms with van der Waals surface area (Å²) >= 11 is 0. The highest BCUT2D eigenvalue weighted by molar-refractivity contribution is 5.77. The van der Waals surface area contributed by atoms with E-state index in [9.17, 15) is 22.4 Å². The third-order valence-electron chi connectivity index (χ3n) is 5.09. The number of aryl methyl sites for hydroxylation is 2. The van der Waals surface area contributed by atoms with Gasteiger partial charge in [0.2, 0.25) is 5.91 Å². The monoisotopic (exact) mass is 398 g/mol. The number of nitrogens with two attached hydrogens (primary N) is 1. The highest BCUT2D eigenvalue weighted by Crippen LogP contribution is 2.44. The van der Waals surface area contributed by atoms with E-state index in [1.165, 1.54) is 0 Å². The molecule has 0 bridgehead atoms. The van der Waals surface area contributed by atoms with Gasteiger partial charge in [-0.15, -0.1) is 0 Å². The SMILES string of the molecule is CC1(C)CC(C(N)=O)C1.Fc1cnc(C(F)(F)F)cc1-c1cc2n(n1)CCC2. The standard InChI is InChI=1S/C12H9F4N3.C7H13NO/c13-9-6-17-11(12(14,15)16)5-8(9)10-4-7-2-1-3-19(7)18-10;1-7(2)3-5(4-7)6(8)9/h4-6H,1-3H2;5H,3-4H2,1-2H3,(H2,8,9). The number of pyridine rings is 1. The van der Waals surface area contributed by atoms with Gasteiger partial charge in [-0.2, -0.15) is 18.3 Å². The first-order chi connectivity index (χ1) is 13.0. The molecule has 5 nitrogen and oxygen atoms in total. The largest absolute Gasteiger partial charge is 0.433 e. The molecule has 2 aromatic rings. The summed E-state index contributed by atoms with van der Waals surface area (Å²) < 4.78 is 53.0. The third-order valence-corrected chi connectivity index (χ3v) is 5.09. The van der Waals surface area contributed by atoms with Crippen LogP contribution < -0.4 is 5.73 Å². The summed E-state index contributed by atoms with van der Waals surface area (Å²) in [6.45, 7) is 5.03. The number of aromatic nitrogens is 3. The zero-order valence-corrected chi connectivity index (χ0v) is 15.7. The third kappa shape index (κ3) is 4.34. The van der Waals surface area contributed by atoms with E-state index >= 15 is 0 Å². The maximum absolute atomic E-state index is 13.6. The van der Waals surface area contributed by atoms with E-state index in [0.717, 1.165) is 31.4 Å². The van der Waals surface area contributed by atoms with Crippen LogP contribution in [0.25, 0.3) is 11.3 Å². The van der Waals surface area contributed by atoms with Gasteiger partial charge in [-0.3, -0.25) is 9.48 Å². The number of carbonyl (C=O) groups is 1. The van der Waals surface area contributed by atoms with Gasteiger partial charge in [-0.25, -0.2) is 9.37 Å². The Morgan fingerprint density at radius 1 is 1.29 bits per heavy atom. The van der Waals surface area contributed by atoms with E-state index in [1.807, 2.05) is 0 Å². The van der Waals surface area contributed by atoms with Gasteiger partial charge in [0.1, 0.15) is 5.69 Å². The Bertz CT molecular complexity index is 859. The van der Waals surface area contributed by atoms with Crippen LogP contribution in [0.4, 0.5) is 17.6 Å². The van der Waals surface area contributed by atoms with E-state index in [1.54, 1.807) is 10.7 Å². The molecule has 2 aliphatic rings. The predicted octanol–water partition coefficient (Wildman–Crippen LogP) is 3.96. The number of primary amides is 1. The Morgan fingerprint density at radius 3 is 2.46 bits per heavy atom. The zero-order chi connectivity index (χ0) is 20.7. The number of nitrogens with zero attached hydrogens (tertiary/aromatic N) is 3. The maximum atomic E-state index is 13.6. The van der Waals surface area contributed by atoms with Crippen molar-refractivity contribution in [2.45, 2.75) is 52.3 Å². The minimum Gasteiger partial charge on any atom is -0.369 e. The number of hydrogen-bond donors (Lipinski definition) is 1. The van der Waals surface area contributed by atoms with Crippen molar-refractivity contribution < 1.29 is 22.4 Å².